The molecule has 0 aromatic rings. The van der Waals surface area contributed by atoms with Crippen LogP contribution in [0.2, 0.25) is 0 Å². The van der Waals surface area contributed by atoms with E-state index in [0.717, 1.165) is 6.42 Å². The van der Waals surface area contributed by atoms with Crippen LogP contribution in [0.15, 0.2) is 24.3 Å². The second-order valence-corrected chi connectivity index (χ2v) is 5.36. The van der Waals surface area contributed by atoms with E-state index < -0.39 is 5.97 Å². The number of carboxylic acids is 1. The van der Waals surface area contributed by atoms with E-state index in [9.17, 15) is 4.79 Å². The molecule has 0 aliphatic rings. The van der Waals surface area contributed by atoms with Gasteiger partial charge in [-0.15, -0.1) is 0 Å². The summed E-state index contributed by atoms with van der Waals surface area (Å²) in [5, 5.41) is 8.48. The van der Waals surface area contributed by atoms with Crippen LogP contribution in [-0.4, -0.2) is 11.1 Å². The molecule has 0 saturated carbocycles. The van der Waals surface area contributed by atoms with Crippen molar-refractivity contribution in [3.63, 3.8) is 0 Å². The van der Waals surface area contributed by atoms with Gasteiger partial charge in [0, 0.05) is 6.42 Å². The lowest BCUT2D eigenvalue weighted by Gasteiger charge is -1.99. The standard InChI is InChI=1S/C18H32O2/c1-2-3-4-5-6-7-8-9-10-11-12-13-14-15-16-17-18(19)20/h4-5,14-15H,2-3,6-13,16-17H2,1H3,(H,19,20)/b5-4+,15-14+. The molecule has 0 heterocycles. The van der Waals surface area contributed by atoms with E-state index in [1.165, 1.54) is 57.8 Å². The second kappa shape index (κ2) is 16.0. The largest absolute Gasteiger partial charge is 0.481 e. The molecule has 0 aliphatic carbocycles. The van der Waals surface area contributed by atoms with Gasteiger partial charge in [-0.2, -0.15) is 0 Å². The van der Waals surface area contributed by atoms with Crippen LogP contribution in [0.5, 0.6) is 0 Å². The molecular formula is C18H32O2. The molecular weight excluding hydrogens is 248 g/mol. The summed E-state index contributed by atoms with van der Waals surface area (Å²) in [6, 6.07) is 0. The Labute approximate surface area is 125 Å². The molecule has 0 fully saturated rings. The molecule has 2 nitrogen and oxygen atoms in total. The monoisotopic (exact) mass is 280 g/mol. The molecule has 20 heavy (non-hydrogen) atoms. The van der Waals surface area contributed by atoms with E-state index in [1.807, 2.05) is 6.08 Å². The van der Waals surface area contributed by atoms with Crippen molar-refractivity contribution < 1.29 is 9.90 Å². The second-order valence-electron chi connectivity index (χ2n) is 5.36. The Hall–Kier alpha value is -1.05. The zero-order valence-electron chi connectivity index (χ0n) is 13.2. The molecule has 2 heteroatoms. The van der Waals surface area contributed by atoms with Crippen LogP contribution in [0.25, 0.3) is 0 Å². The zero-order chi connectivity index (χ0) is 14.9. The Morgan fingerprint density at radius 1 is 0.750 bits per heavy atom. The summed E-state index contributed by atoms with van der Waals surface area (Å²) in [5.41, 5.74) is 0. The Morgan fingerprint density at radius 2 is 1.20 bits per heavy atom. The third kappa shape index (κ3) is 16.9. The molecule has 1 N–H and O–H groups in total. The fourth-order valence-electron chi connectivity index (χ4n) is 2.08. The summed E-state index contributed by atoms with van der Waals surface area (Å²) in [4.78, 5) is 10.3. The van der Waals surface area contributed by atoms with Crippen LogP contribution in [0.4, 0.5) is 0 Å². The van der Waals surface area contributed by atoms with Crippen molar-refractivity contribution in [2.75, 3.05) is 0 Å². The summed E-state index contributed by atoms with van der Waals surface area (Å²) >= 11 is 0. The van der Waals surface area contributed by atoms with Crippen LogP contribution < -0.4 is 0 Å². The molecule has 0 unspecified atom stereocenters. The van der Waals surface area contributed by atoms with E-state index in [-0.39, 0.29) is 6.42 Å². The molecule has 0 radical (unpaired) electrons. The predicted octanol–water partition coefficient (Wildman–Crippen LogP) is 5.88. The lowest BCUT2D eigenvalue weighted by atomic mass is 10.1. The smallest absolute Gasteiger partial charge is 0.303 e. The maximum Gasteiger partial charge on any atom is 0.303 e. The van der Waals surface area contributed by atoms with Crippen LogP contribution in [0.1, 0.15) is 84.0 Å². The number of hydrogen-bond donors (Lipinski definition) is 1. The summed E-state index contributed by atoms with van der Waals surface area (Å²) in [6.07, 6.45) is 22.4. The molecule has 0 rings (SSSR count). The first-order chi connectivity index (χ1) is 9.77. The van der Waals surface area contributed by atoms with Crippen molar-refractivity contribution in [3.05, 3.63) is 24.3 Å². The normalized spacial score (nSPS) is 11.7. The first-order valence-electron chi connectivity index (χ1n) is 8.29. The molecule has 0 aromatic carbocycles. The highest BCUT2D eigenvalue weighted by Gasteiger charge is 1.92. The molecule has 116 valence electrons. The van der Waals surface area contributed by atoms with Crippen molar-refractivity contribution in [2.24, 2.45) is 0 Å². The Kier molecular flexibility index (Phi) is 15.2. The third-order valence-corrected chi connectivity index (χ3v) is 3.31. The highest BCUT2D eigenvalue weighted by Crippen LogP contribution is 2.09. The number of aliphatic carboxylic acids is 1. The molecule has 0 spiro atoms. The van der Waals surface area contributed by atoms with Gasteiger partial charge in [-0.25, -0.2) is 0 Å². The van der Waals surface area contributed by atoms with Crippen molar-refractivity contribution in [2.45, 2.75) is 84.0 Å². The van der Waals surface area contributed by atoms with Gasteiger partial charge in [0.15, 0.2) is 0 Å². The topological polar surface area (TPSA) is 37.3 Å². The molecule has 0 amide bonds. The van der Waals surface area contributed by atoms with Gasteiger partial charge in [0.1, 0.15) is 0 Å². The summed E-state index contributed by atoms with van der Waals surface area (Å²) < 4.78 is 0. The molecule has 0 saturated heterocycles. The van der Waals surface area contributed by atoms with Gasteiger partial charge < -0.3 is 5.11 Å². The third-order valence-electron chi connectivity index (χ3n) is 3.31. The highest BCUT2D eigenvalue weighted by molar-refractivity contribution is 5.66. The Bertz CT molecular complexity index is 267. The first kappa shape index (κ1) is 18.9. The maximum atomic E-state index is 10.3. The van der Waals surface area contributed by atoms with Gasteiger partial charge in [0.2, 0.25) is 0 Å². The summed E-state index contributed by atoms with van der Waals surface area (Å²) in [5.74, 6) is -0.709. The average molecular weight is 280 g/mol. The van der Waals surface area contributed by atoms with Crippen LogP contribution in [0, 0.1) is 0 Å². The number of carboxylic acid groups (broad SMARTS) is 1. The van der Waals surface area contributed by atoms with Gasteiger partial charge in [0.25, 0.3) is 0 Å². The number of carbonyl (C=O) groups is 1. The number of hydrogen-bond acceptors (Lipinski definition) is 1. The van der Waals surface area contributed by atoms with Gasteiger partial charge in [0.05, 0.1) is 0 Å². The first-order valence-corrected chi connectivity index (χ1v) is 8.29. The minimum absolute atomic E-state index is 0.253. The fraction of sp³-hybridized carbons (Fsp3) is 0.722. The molecule has 0 aromatic heterocycles. The highest BCUT2D eigenvalue weighted by atomic mass is 16.4. The van der Waals surface area contributed by atoms with E-state index >= 15 is 0 Å². The average Bonchev–Trinajstić information content (AvgIpc) is 2.43. The van der Waals surface area contributed by atoms with Crippen molar-refractivity contribution >= 4 is 5.97 Å². The van der Waals surface area contributed by atoms with Crippen molar-refractivity contribution in [1.29, 1.82) is 0 Å². The number of rotatable bonds is 14. The number of allylic oxidation sites excluding steroid dienone is 4. The van der Waals surface area contributed by atoms with E-state index in [2.05, 4.69) is 25.2 Å². The minimum Gasteiger partial charge on any atom is -0.481 e. The minimum atomic E-state index is -0.709. The summed E-state index contributed by atoms with van der Waals surface area (Å²) in [7, 11) is 0. The quantitative estimate of drug-likeness (QED) is 0.318. The lowest BCUT2D eigenvalue weighted by molar-refractivity contribution is -0.136. The maximum absolute atomic E-state index is 10.3. The fourth-order valence-corrected chi connectivity index (χ4v) is 2.08. The Morgan fingerprint density at radius 3 is 1.70 bits per heavy atom. The van der Waals surface area contributed by atoms with Crippen molar-refractivity contribution in [3.8, 4) is 0 Å². The molecule has 0 bridgehead atoms. The van der Waals surface area contributed by atoms with E-state index in [1.54, 1.807) is 0 Å². The van der Waals surface area contributed by atoms with Crippen LogP contribution >= 0.6 is 0 Å². The molecule has 0 aliphatic heterocycles. The van der Waals surface area contributed by atoms with Crippen LogP contribution in [0.3, 0.4) is 0 Å². The molecule has 0 atom stereocenters. The van der Waals surface area contributed by atoms with Gasteiger partial charge in [-0.05, 0) is 38.5 Å². The Balaban J connectivity index is 3.11. The van der Waals surface area contributed by atoms with E-state index in [0.29, 0.717) is 6.42 Å². The van der Waals surface area contributed by atoms with Crippen molar-refractivity contribution in [1.82, 2.24) is 0 Å². The predicted molar refractivity (Wildman–Crippen MR) is 87.0 cm³/mol. The van der Waals surface area contributed by atoms with E-state index in [4.69, 9.17) is 5.11 Å². The van der Waals surface area contributed by atoms with Gasteiger partial charge >= 0.3 is 5.97 Å². The number of unbranched alkanes of at least 4 members (excludes halogenated alkanes) is 8. The van der Waals surface area contributed by atoms with Gasteiger partial charge in [-0.1, -0.05) is 63.3 Å². The van der Waals surface area contributed by atoms with Crippen LogP contribution in [-0.2, 0) is 4.79 Å². The zero-order valence-corrected chi connectivity index (χ0v) is 13.2. The SMILES string of the molecule is CCC/C=C/CCCCCCCC/C=C/CCC(=O)O. The van der Waals surface area contributed by atoms with Gasteiger partial charge in [-0.3, -0.25) is 4.79 Å². The lowest BCUT2D eigenvalue weighted by Crippen LogP contribution is -1.91. The summed E-state index contributed by atoms with van der Waals surface area (Å²) in [6.45, 7) is 2.21.